The van der Waals surface area contributed by atoms with Gasteiger partial charge >= 0.3 is 0 Å². The van der Waals surface area contributed by atoms with Crippen molar-refractivity contribution in [3.8, 4) is 5.75 Å². The lowest BCUT2D eigenvalue weighted by Gasteiger charge is -2.26. The molecule has 2 amide bonds. The molecule has 1 unspecified atom stereocenters. The van der Waals surface area contributed by atoms with Crippen LogP contribution in [0.5, 0.6) is 5.75 Å². The summed E-state index contributed by atoms with van der Waals surface area (Å²) in [5.74, 6) is 1.09. The molecule has 4 rings (SSSR count). The zero-order chi connectivity index (χ0) is 20.4. The number of hydrogen-bond donors (Lipinski definition) is 0. The Labute approximate surface area is 172 Å². The lowest BCUT2D eigenvalue weighted by atomic mass is 10.0. The number of ether oxygens (including phenoxy) is 1. The van der Waals surface area contributed by atoms with E-state index >= 15 is 0 Å². The number of methoxy groups -OCH3 is 1. The van der Waals surface area contributed by atoms with Crippen LogP contribution in [0.25, 0.3) is 0 Å². The normalized spacial score (nSPS) is 19.1. The van der Waals surface area contributed by atoms with E-state index in [1.165, 1.54) is 5.56 Å². The molecule has 0 bridgehead atoms. The molecule has 0 aromatic heterocycles. The molecule has 0 spiro atoms. The average molecular weight is 392 g/mol. The van der Waals surface area contributed by atoms with Crippen LogP contribution in [0.2, 0.25) is 0 Å². The Balaban J connectivity index is 1.50. The van der Waals surface area contributed by atoms with Gasteiger partial charge in [0.05, 0.1) is 7.11 Å². The third-order valence-corrected chi connectivity index (χ3v) is 6.05. The first-order chi connectivity index (χ1) is 14.1. The molecule has 2 saturated heterocycles. The molecule has 0 saturated carbocycles. The van der Waals surface area contributed by atoms with Gasteiger partial charge in [-0.3, -0.25) is 9.59 Å². The standard InChI is InChI=1S/C24H28N2O3/c1-17-14-18(10-11-22(17)29-2)15-20-8-4-13-26(20)24(28)19-6-3-7-21(16-19)25-12-5-9-23(25)27/h3,6-7,10-11,14,16,20H,4-5,8-9,12-13,15H2,1-2H3. The van der Waals surface area contributed by atoms with Gasteiger partial charge in [-0.05, 0) is 68.0 Å². The van der Waals surface area contributed by atoms with E-state index in [-0.39, 0.29) is 17.9 Å². The molecule has 2 aliphatic heterocycles. The molecule has 5 heteroatoms. The van der Waals surface area contributed by atoms with Crippen molar-refractivity contribution in [3.63, 3.8) is 0 Å². The van der Waals surface area contributed by atoms with Crippen LogP contribution in [-0.2, 0) is 11.2 Å². The molecule has 2 aliphatic rings. The Bertz CT molecular complexity index is 924. The molecule has 0 radical (unpaired) electrons. The second-order valence-corrected chi connectivity index (χ2v) is 8.00. The lowest BCUT2D eigenvalue weighted by molar-refractivity contribution is -0.117. The molecule has 152 valence electrons. The van der Waals surface area contributed by atoms with Gasteiger partial charge in [0.25, 0.3) is 5.91 Å². The smallest absolute Gasteiger partial charge is 0.254 e. The number of aryl methyl sites for hydroxylation is 1. The van der Waals surface area contributed by atoms with E-state index in [0.29, 0.717) is 12.0 Å². The maximum atomic E-state index is 13.3. The molecule has 1 atom stereocenters. The molecular weight excluding hydrogens is 364 g/mol. The number of carbonyl (C=O) groups excluding carboxylic acids is 2. The molecule has 0 N–H and O–H groups in total. The van der Waals surface area contributed by atoms with E-state index in [0.717, 1.165) is 55.8 Å². The number of amides is 2. The summed E-state index contributed by atoms with van der Waals surface area (Å²) in [5, 5.41) is 0. The minimum Gasteiger partial charge on any atom is -0.496 e. The Morgan fingerprint density at radius 3 is 2.72 bits per heavy atom. The number of rotatable bonds is 5. The van der Waals surface area contributed by atoms with Gasteiger partial charge in [-0.1, -0.05) is 18.2 Å². The second-order valence-electron chi connectivity index (χ2n) is 8.00. The lowest BCUT2D eigenvalue weighted by Crippen LogP contribution is -2.37. The van der Waals surface area contributed by atoms with Crippen LogP contribution in [0.15, 0.2) is 42.5 Å². The largest absolute Gasteiger partial charge is 0.496 e. The van der Waals surface area contributed by atoms with E-state index in [4.69, 9.17) is 4.74 Å². The fraction of sp³-hybridized carbons (Fsp3) is 0.417. The number of carbonyl (C=O) groups is 2. The van der Waals surface area contributed by atoms with Crippen molar-refractivity contribution < 1.29 is 14.3 Å². The third-order valence-electron chi connectivity index (χ3n) is 6.05. The summed E-state index contributed by atoms with van der Waals surface area (Å²) in [6.45, 7) is 3.57. The van der Waals surface area contributed by atoms with Gasteiger partial charge in [-0.15, -0.1) is 0 Å². The highest BCUT2D eigenvalue weighted by atomic mass is 16.5. The number of likely N-dealkylation sites (tertiary alicyclic amines) is 1. The van der Waals surface area contributed by atoms with Gasteiger partial charge in [-0.25, -0.2) is 0 Å². The summed E-state index contributed by atoms with van der Waals surface area (Å²) in [7, 11) is 1.68. The molecule has 2 fully saturated rings. The first-order valence-electron chi connectivity index (χ1n) is 10.4. The highest BCUT2D eigenvalue weighted by Gasteiger charge is 2.30. The van der Waals surface area contributed by atoms with E-state index in [1.54, 1.807) is 12.0 Å². The highest BCUT2D eigenvalue weighted by molar-refractivity contribution is 5.99. The van der Waals surface area contributed by atoms with Crippen LogP contribution < -0.4 is 9.64 Å². The number of anilines is 1. The van der Waals surface area contributed by atoms with Crippen molar-refractivity contribution in [1.29, 1.82) is 0 Å². The van der Waals surface area contributed by atoms with E-state index in [2.05, 4.69) is 12.1 Å². The van der Waals surface area contributed by atoms with Gasteiger partial charge in [-0.2, -0.15) is 0 Å². The Kier molecular flexibility index (Phi) is 5.56. The number of nitrogens with zero attached hydrogens (tertiary/aromatic N) is 2. The topological polar surface area (TPSA) is 49.9 Å². The van der Waals surface area contributed by atoms with Crippen LogP contribution in [0, 0.1) is 6.92 Å². The first kappa shape index (κ1) is 19.5. The van der Waals surface area contributed by atoms with Crippen LogP contribution in [0.4, 0.5) is 5.69 Å². The molecule has 2 aromatic carbocycles. The van der Waals surface area contributed by atoms with Crippen molar-refractivity contribution >= 4 is 17.5 Å². The summed E-state index contributed by atoms with van der Waals surface area (Å²) in [6.07, 6.45) is 4.36. The zero-order valence-electron chi connectivity index (χ0n) is 17.2. The molecule has 5 nitrogen and oxygen atoms in total. The van der Waals surface area contributed by atoms with Crippen molar-refractivity contribution in [3.05, 3.63) is 59.2 Å². The van der Waals surface area contributed by atoms with Crippen molar-refractivity contribution in [2.45, 2.75) is 45.1 Å². The van der Waals surface area contributed by atoms with Gasteiger partial charge in [0, 0.05) is 36.8 Å². The van der Waals surface area contributed by atoms with Crippen LogP contribution in [0.1, 0.15) is 47.2 Å². The van der Waals surface area contributed by atoms with Crippen LogP contribution in [0.3, 0.4) is 0 Å². The van der Waals surface area contributed by atoms with Gasteiger partial charge in [0.1, 0.15) is 5.75 Å². The predicted octanol–water partition coefficient (Wildman–Crippen LogP) is 3.98. The van der Waals surface area contributed by atoms with E-state index < -0.39 is 0 Å². The summed E-state index contributed by atoms with van der Waals surface area (Å²) in [6, 6.07) is 14.0. The molecule has 2 heterocycles. The van der Waals surface area contributed by atoms with Crippen molar-refractivity contribution in [1.82, 2.24) is 4.90 Å². The summed E-state index contributed by atoms with van der Waals surface area (Å²) in [4.78, 5) is 29.1. The molecule has 29 heavy (non-hydrogen) atoms. The molecule has 2 aromatic rings. The summed E-state index contributed by atoms with van der Waals surface area (Å²) < 4.78 is 5.36. The van der Waals surface area contributed by atoms with E-state index in [1.807, 2.05) is 42.2 Å². The SMILES string of the molecule is COc1ccc(CC2CCCN2C(=O)c2cccc(N3CCCC3=O)c2)cc1C. The third kappa shape index (κ3) is 4.00. The van der Waals surface area contributed by atoms with Crippen LogP contribution >= 0.6 is 0 Å². The van der Waals surface area contributed by atoms with Crippen molar-refractivity contribution in [2.75, 3.05) is 25.1 Å². The van der Waals surface area contributed by atoms with Gasteiger partial charge in [0.2, 0.25) is 5.91 Å². The first-order valence-corrected chi connectivity index (χ1v) is 10.4. The number of benzene rings is 2. The Hall–Kier alpha value is -2.82. The number of hydrogen-bond acceptors (Lipinski definition) is 3. The maximum Gasteiger partial charge on any atom is 0.254 e. The van der Waals surface area contributed by atoms with Gasteiger partial charge < -0.3 is 14.5 Å². The Morgan fingerprint density at radius 1 is 1.14 bits per heavy atom. The summed E-state index contributed by atoms with van der Waals surface area (Å²) in [5.41, 5.74) is 3.84. The Morgan fingerprint density at radius 2 is 2.00 bits per heavy atom. The predicted molar refractivity (Wildman–Crippen MR) is 114 cm³/mol. The molecular formula is C24H28N2O3. The average Bonchev–Trinajstić information content (AvgIpc) is 3.36. The maximum absolute atomic E-state index is 13.3. The fourth-order valence-corrected chi connectivity index (χ4v) is 4.55. The fourth-order valence-electron chi connectivity index (χ4n) is 4.55. The van der Waals surface area contributed by atoms with E-state index in [9.17, 15) is 9.59 Å². The van der Waals surface area contributed by atoms with Gasteiger partial charge in [0.15, 0.2) is 0 Å². The molecule has 0 aliphatic carbocycles. The van der Waals surface area contributed by atoms with Crippen LogP contribution in [-0.4, -0.2) is 43.0 Å². The highest BCUT2D eigenvalue weighted by Crippen LogP contribution is 2.28. The monoisotopic (exact) mass is 392 g/mol. The summed E-state index contributed by atoms with van der Waals surface area (Å²) >= 11 is 0. The zero-order valence-corrected chi connectivity index (χ0v) is 17.2. The second kappa shape index (κ2) is 8.27. The minimum atomic E-state index is 0.0613. The minimum absolute atomic E-state index is 0.0613. The van der Waals surface area contributed by atoms with Crippen molar-refractivity contribution in [2.24, 2.45) is 0 Å². The quantitative estimate of drug-likeness (QED) is 0.773.